The summed E-state index contributed by atoms with van der Waals surface area (Å²) in [6.45, 7) is 9.33. The van der Waals surface area contributed by atoms with Gasteiger partial charge in [0.05, 0.1) is 6.61 Å². The second kappa shape index (κ2) is 8.77. The van der Waals surface area contributed by atoms with Gasteiger partial charge in [0.25, 0.3) is 0 Å². The molecule has 16 heavy (non-hydrogen) atoms. The fourth-order valence-corrected chi connectivity index (χ4v) is 0.872. The fourth-order valence-electron chi connectivity index (χ4n) is 0.872. The molecule has 87 valence electrons. The van der Waals surface area contributed by atoms with E-state index in [4.69, 9.17) is 4.74 Å². The summed E-state index contributed by atoms with van der Waals surface area (Å²) in [4.78, 5) is 21.7. The van der Waals surface area contributed by atoms with E-state index >= 15 is 0 Å². The molecule has 0 heterocycles. The van der Waals surface area contributed by atoms with Crippen LogP contribution in [0.3, 0.4) is 0 Å². The molecular formula is C11H17BNO3. The Bertz CT molecular complexity index is 276. The number of esters is 1. The number of hydrogen-bond acceptors (Lipinski definition) is 3. The molecule has 0 unspecified atom stereocenters. The molecule has 1 amide bonds. The summed E-state index contributed by atoms with van der Waals surface area (Å²) in [6.07, 6.45) is 2.64. The van der Waals surface area contributed by atoms with Gasteiger partial charge in [0.15, 0.2) is 0 Å². The van der Waals surface area contributed by atoms with Crippen molar-refractivity contribution in [2.45, 2.75) is 19.6 Å². The fraction of sp³-hybridized carbons (Fsp3) is 0.455. The number of hydrogen-bond donors (Lipinski definition) is 1. The van der Waals surface area contributed by atoms with Gasteiger partial charge in [-0.25, -0.2) is 4.79 Å². The average Bonchev–Trinajstić information content (AvgIpc) is 2.26. The molecule has 5 heteroatoms. The first-order valence-corrected chi connectivity index (χ1v) is 5.12. The van der Waals surface area contributed by atoms with Gasteiger partial charge in [-0.2, -0.15) is 0 Å². The van der Waals surface area contributed by atoms with E-state index in [0.717, 1.165) is 6.32 Å². The lowest BCUT2D eigenvalue weighted by molar-refractivity contribution is -0.138. The average molecular weight is 222 g/mol. The maximum absolute atomic E-state index is 11.0. The van der Waals surface area contributed by atoms with Crippen molar-refractivity contribution in [3.8, 4) is 0 Å². The van der Waals surface area contributed by atoms with E-state index < -0.39 is 0 Å². The number of rotatable bonds is 8. The van der Waals surface area contributed by atoms with Crippen molar-refractivity contribution in [1.29, 1.82) is 0 Å². The quantitative estimate of drug-likeness (QED) is 0.288. The first kappa shape index (κ1) is 14.5. The third kappa shape index (κ3) is 7.85. The third-order valence-corrected chi connectivity index (χ3v) is 1.74. The molecule has 0 saturated heterocycles. The molecular weight excluding hydrogens is 205 g/mol. The highest BCUT2D eigenvalue weighted by Gasteiger charge is 2.02. The Labute approximate surface area is 97.0 Å². The maximum atomic E-state index is 11.0. The normalized spacial score (nSPS) is 9.06. The minimum Gasteiger partial charge on any atom is -0.463 e. The van der Waals surface area contributed by atoms with Crippen molar-refractivity contribution in [1.82, 2.24) is 5.32 Å². The summed E-state index contributed by atoms with van der Waals surface area (Å²) in [5.74, 6) is -0.546. The minimum atomic E-state index is -0.367. The number of carbonyl (C=O) groups excluding carboxylic acids is 2. The van der Waals surface area contributed by atoms with E-state index in [-0.39, 0.29) is 11.9 Å². The van der Waals surface area contributed by atoms with Crippen LogP contribution >= 0.6 is 0 Å². The smallest absolute Gasteiger partial charge is 0.333 e. The van der Waals surface area contributed by atoms with Crippen LogP contribution in [0.15, 0.2) is 24.8 Å². The summed E-state index contributed by atoms with van der Waals surface area (Å²) in [7, 11) is 1.95. The Balaban J connectivity index is 3.28. The molecule has 0 aliphatic carbocycles. The molecule has 0 rings (SSSR count). The Morgan fingerprint density at radius 1 is 1.44 bits per heavy atom. The Morgan fingerprint density at radius 2 is 2.12 bits per heavy atom. The van der Waals surface area contributed by atoms with E-state index in [0.29, 0.717) is 25.0 Å². The molecule has 4 nitrogen and oxygen atoms in total. The largest absolute Gasteiger partial charge is 0.463 e. The number of amides is 1. The number of carbonyl (C=O) groups is 2. The molecule has 0 aliphatic rings. The summed E-state index contributed by atoms with van der Waals surface area (Å²) < 4.78 is 4.88. The van der Waals surface area contributed by atoms with Crippen LogP contribution in [0.5, 0.6) is 0 Å². The zero-order valence-electron chi connectivity index (χ0n) is 9.62. The van der Waals surface area contributed by atoms with Crippen LogP contribution in [0.4, 0.5) is 0 Å². The zero-order valence-corrected chi connectivity index (χ0v) is 9.62. The van der Waals surface area contributed by atoms with Crippen LogP contribution in [-0.4, -0.2) is 32.3 Å². The van der Waals surface area contributed by atoms with Crippen molar-refractivity contribution >= 4 is 19.2 Å². The van der Waals surface area contributed by atoms with Gasteiger partial charge >= 0.3 is 5.97 Å². The van der Waals surface area contributed by atoms with Gasteiger partial charge in [0.1, 0.15) is 7.28 Å². The third-order valence-electron chi connectivity index (χ3n) is 1.74. The molecule has 0 fully saturated rings. The molecule has 1 N–H and O–H groups in total. The van der Waals surface area contributed by atoms with Gasteiger partial charge in [-0.15, -0.1) is 0 Å². The second-order valence-corrected chi connectivity index (χ2v) is 3.28. The maximum Gasteiger partial charge on any atom is 0.333 e. The van der Waals surface area contributed by atoms with Gasteiger partial charge in [0, 0.05) is 12.1 Å². The monoisotopic (exact) mass is 222 g/mol. The summed E-state index contributed by atoms with van der Waals surface area (Å²) in [6, 6.07) is 0. The van der Waals surface area contributed by atoms with Crippen LogP contribution in [0, 0.1) is 0 Å². The van der Waals surface area contributed by atoms with Gasteiger partial charge in [0.2, 0.25) is 5.91 Å². The van der Waals surface area contributed by atoms with Gasteiger partial charge < -0.3 is 10.1 Å². The van der Waals surface area contributed by atoms with Crippen molar-refractivity contribution in [2.75, 3.05) is 13.2 Å². The predicted molar refractivity (Wildman–Crippen MR) is 64.3 cm³/mol. The highest BCUT2D eigenvalue weighted by atomic mass is 16.5. The lowest BCUT2D eigenvalue weighted by Gasteiger charge is -2.03. The van der Waals surface area contributed by atoms with Crippen LogP contribution in [-0.2, 0) is 14.3 Å². The lowest BCUT2D eigenvalue weighted by atomic mass is 9.71. The van der Waals surface area contributed by atoms with Crippen LogP contribution in [0.2, 0.25) is 12.6 Å². The van der Waals surface area contributed by atoms with Crippen molar-refractivity contribution < 1.29 is 14.3 Å². The Morgan fingerprint density at radius 3 is 2.69 bits per heavy atom. The van der Waals surface area contributed by atoms with E-state index in [1.807, 2.05) is 7.28 Å². The Hall–Kier alpha value is -1.52. The molecule has 0 aromatic rings. The highest BCUT2D eigenvalue weighted by Crippen LogP contribution is 1.94. The molecule has 0 aliphatic heterocycles. The SMILES string of the molecule is C=CC(=O)NCC[B]CCOC(=O)C(=C)C. The standard InChI is InChI=1S/C11H17BNO3/c1-4-10(14)13-7-5-12-6-8-16-11(15)9(2)3/h4H,1-2,5-8H2,3H3,(H,13,14). The van der Waals surface area contributed by atoms with Crippen molar-refractivity contribution in [2.24, 2.45) is 0 Å². The van der Waals surface area contributed by atoms with Crippen LogP contribution in [0.1, 0.15) is 6.92 Å². The molecule has 0 saturated carbocycles. The number of nitrogens with one attached hydrogen (secondary N) is 1. The van der Waals surface area contributed by atoms with E-state index in [1.54, 1.807) is 6.92 Å². The lowest BCUT2D eigenvalue weighted by Crippen LogP contribution is -2.22. The molecule has 0 aromatic carbocycles. The summed E-state index contributed by atoms with van der Waals surface area (Å²) in [5, 5.41) is 2.64. The second-order valence-electron chi connectivity index (χ2n) is 3.28. The minimum absolute atomic E-state index is 0.179. The number of ether oxygens (including phenoxy) is 1. The van der Waals surface area contributed by atoms with E-state index in [1.165, 1.54) is 6.08 Å². The van der Waals surface area contributed by atoms with Crippen molar-refractivity contribution in [3.63, 3.8) is 0 Å². The zero-order chi connectivity index (χ0) is 12.4. The first-order valence-electron chi connectivity index (χ1n) is 5.12. The molecule has 0 atom stereocenters. The molecule has 0 bridgehead atoms. The summed E-state index contributed by atoms with van der Waals surface area (Å²) >= 11 is 0. The molecule has 0 spiro atoms. The van der Waals surface area contributed by atoms with Gasteiger partial charge in [-0.05, 0) is 19.3 Å². The van der Waals surface area contributed by atoms with E-state index in [9.17, 15) is 9.59 Å². The molecule has 0 aromatic heterocycles. The topological polar surface area (TPSA) is 55.4 Å². The Kier molecular flexibility index (Phi) is 7.94. The van der Waals surface area contributed by atoms with Crippen LogP contribution < -0.4 is 5.32 Å². The van der Waals surface area contributed by atoms with Gasteiger partial charge in [-0.1, -0.05) is 19.5 Å². The highest BCUT2D eigenvalue weighted by molar-refractivity contribution is 6.35. The molecule has 1 radical (unpaired) electrons. The van der Waals surface area contributed by atoms with E-state index in [2.05, 4.69) is 18.5 Å². The first-order chi connectivity index (χ1) is 7.57. The summed E-state index contributed by atoms with van der Waals surface area (Å²) in [5.41, 5.74) is 0.401. The van der Waals surface area contributed by atoms with Gasteiger partial charge in [-0.3, -0.25) is 4.79 Å². The predicted octanol–water partition coefficient (Wildman–Crippen LogP) is 0.949. The van der Waals surface area contributed by atoms with Crippen molar-refractivity contribution in [3.05, 3.63) is 24.8 Å². The van der Waals surface area contributed by atoms with Crippen LogP contribution in [0.25, 0.3) is 0 Å².